The van der Waals surface area contributed by atoms with Gasteiger partial charge >= 0.3 is 0 Å². The second-order valence-corrected chi connectivity index (χ2v) is 4.37. The average Bonchev–Trinajstić information content (AvgIpc) is 2.89. The predicted octanol–water partition coefficient (Wildman–Crippen LogP) is 0.720. The van der Waals surface area contributed by atoms with Gasteiger partial charge in [-0.1, -0.05) is 0 Å². The number of carbonyl (C=O) groups is 1. The molecule has 5 heteroatoms. The third kappa shape index (κ3) is 3.05. The maximum atomic E-state index is 12.0. The Hall–Kier alpha value is -1.46. The van der Waals surface area contributed by atoms with Crippen LogP contribution in [0.2, 0.25) is 0 Å². The van der Waals surface area contributed by atoms with Crippen molar-refractivity contribution in [1.82, 2.24) is 9.88 Å². The Bertz CT molecular complexity index is 383. The molecule has 1 amide bonds. The van der Waals surface area contributed by atoms with E-state index in [4.69, 9.17) is 10.5 Å². The van der Waals surface area contributed by atoms with Gasteiger partial charge in [0.1, 0.15) is 6.61 Å². The molecule has 0 radical (unpaired) electrons. The zero-order valence-electron chi connectivity index (χ0n) is 10.4. The van der Waals surface area contributed by atoms with Gasteiger partial charge in [0.05, 0.1) is 12.6 Å². The highest BCUT2D eigenvalue weighted by Crippen LogP contribution is 2.31. The van der Waals surface area contributed by atoms with Crippen LogP contribution in [0.15, 0.2) is 24.5 Å². The molecular formula is C13H19N3O2. The third-order valence-corrected chi connectivity index (χ3v) is 3.15. The molecule has 1 aliphatic heterocycles. The molecule has 18 heavy (non-hydrogen) atoms. The largest absolute Gasteiger partial charge is 0.370 e. The first-order valence-corrected chi connectivity index (χ1v) is 6.30. The fourth-order valence-electron chi connectivity index (χ4n) is 2.32. The van der Waals surface area contributed by atoms with Gasteiger partial charge < -0.3 is 15.4 Å². The van der Waals surface area contributed by atoms with E-state index in [-0.39, 0.29) is 18.6 Å². The van der Waals surface area contributed by atoms with Crippen LogP contribution in [0.1, 0.15) is 24.4 Å². The highest BCUT2D eigenvalue weighted by molar-refractivity contribution is 5.78. The number of nitrogens with zero attached hydrogens (tertiary/aromatic N) is 2. The summed E-state index contributed by atoms with van der Waals surface area (Å²) in [4.78, 5) is 17.9. The normalized spacial score (nSPS) is 19.2. The molecule has 5 nitrogen and oxygen atoms in total. The first-order valence-electron chi connectivity index (χ1n) is 6.30. The molecule has 1 aliphatic rings. The van der Waals surface area contributed by atoms with E-state index in [9.17, 15) is 4.79 Å². The van der Waals surface area contributed by atoms with Gasteiger partial charge in [-0.2, -0.15) is 0 Å². The number of ether oxygens (including phenoxy) is 1. The molecule has 1 aromatic rings. The zero-order valence-corrected chi connectivity index (χ0v) is 10.4. The fourth-order valence-corrected chi connectivity index (χ4v) is 2.32. The van der Waals surface area contributed by atoms with Gasteiger partial charge in [0.15, 0.2) is 0 Å². The monoisotopic (exact) mass is 249 g/mol. The minimum Gasteiger partial charge on any atom is -0.370 e. The minimum absolute atomic E-state index is 0.0442. The molecule has 0 aromatic carbocycles. The number of pyridine rings is 1. The molecule has 2 N–H and O–H groups in total. The van der Waals surface area contributed by atoms with Crippen LogP contribution >= 0.6 is 0 Å². The Morgan fingerprint density at radius 2 is 2.28 bits per heavy atom. The standard InChI is InChI=1S/C13H19N3O2/c14-5-9-18-10-13(17)16-8-1-2-12(16)11-3-6-15-7-4-11/h3-4,6-7,12H,1-2,5,8-10,14H2. The van der Waals surface area contributed by atoms with E-state index >= 15 is 0 Å². The van der Waals surface area contributed by atoms with Crippen molar-refractivity contribution in [2.45, 2.75) is 18.9 Å². The number of hydrogen-bond donors (Lipinski definition) is 1. The molecule has 1 unspecified atom stereocenters. The Labute approximate surface area is 107 Å². The van der Waals surface area contributed by atoms with E-state index in [1.807, 2.05) is 17.0 Å². The van der Waals surface area contributed by atoms with E-state index in [1.54, 1.807) is 12.4 Å². The van der Waals surface area contributed by atoms with E-state index in [0.29, 0.717) is 13.2 Å². The number of likely N-dealkylation sites (tertiary alicyclic amines) is 1. The maximum Gasteiger partial charge on any atom is 0.249 e. The van der Waals surface area contributed by atoms with Crippen molar-refractivity contribution in [1.29, 1.82) is 0 Å². The van der Waals surface area contributed by atoms with E-state index in [1.165, 1.54) is 0 Å². The van der Waals surface area contributed by atoms with Crippen molar-refractivity contribution in [2.24, 2.45) is 5.73 Å². The van der Waals surface area contributed by atoms with Gasteiger partial charge in [-0.15, -0.1) is 0 Å². The van der Waals surface area contributed by atoms with Crippen LogP contribution in [-0.4, -0.2) is 42.1 Å². The lowest BCUT2D eigenvalue weighted by Crippen LogP contribution is -2.34. The maximum absolute atomic E-state index is 12.0. The van der Waals surface area contributed by atoms with Crippen LogP contribution in [-0.2, 0) is 9.53 Å². The molecule has 1 atom stereocenters. The van der Waals surface area contributed by atoms with Gasteiger partial charge in [0.2, 0.25) is 5.91 Å². The Balaban J connectivity index is 1.97. The smallest absolute Gasteiger partial charge is 0.249 e. The average molecular weight is 249 g/mol. The number of aromatic nitrogens is 1. The molecule has 2 heterocycles. The lowest BCUT2D eigenvalue weighted by molar-refractivity contribution is -0.137. The van der Waals surface area contributed by atoms with Crippen LogP contribution in [0, 0.1) is 0 Å². The summed E-state index contributed by atoms with van der Waals surface area (Å²) in [7, 11) is 0. The van der Waals surface area contributed by atoms with Crippen molar-refractivity contribution >= 4 is 5.91 Å². The number of carbonyl (C=O) groups excluding carboxylic acids is 1. The molecule has 1 aromatic heterocycles. The Kier molecular flexibility index (Phi) is 4.66. The van der Waals surface area contributed by atoms with Crippen LogP contribution in [0.25, 0.3) is 0 Å². The molecule has 0 saturated carbocycles. The lowest BCUT2D eigenvalue weighted by atomic mass is 10.1. The summed E-state index contributed by atoms with van der Waals surface area (Å²) in [5.74, 6) is 0.0442. The minimum atomic E-state index is 0.0442. The van der Waals surface area contributed by atoms with Gasteiger partial charge in [0.25, 0.3) is 0 Å². The first-order chi connectivity index (χ1) is 8.83. The molecule has 1 fully saturated rings. The molecule has 0 aliphatic carbocycles. The van der Waals surface area contributed by atoms with Crippen molar-refractivity contribution in [3.8, 4) is 0 Å². The summed E-state index contributed by atoms with van der Waals surface area (Å²) in [5.41, 5.74) is 6.48. The van der Waals surface area contributed by atoms with E-state index < -0.39 is 0 Å². The second kappa shape index (κ2) is 6.47. The van der Waals surface area contributed by atoms with Crippen LogP contribution in [0.4, 0.5) is 0 Å². The van der Waals surface area contributed by atoms with Gasteiger partial charge in [-0.3, -0.25) is 9.78 Å². The first kappa shape index (κ1) is 13.0. The number of amides is 1. The summed E-state index contributed by atoms with van der Waals surface area (Å²) >= 11 is 0. The quantitative estimate of drug-likeness (QED) is 0.781. The number of nitrogens with two attached hydrogens (primary N) is 1. The number of rotatable bonds is 5. The molecular weight excluding hydrogens is 230 g/mol. The SMILES string of the molecule is NCCOCC(=O)N1CCCC1c1ccncc1. The molecule has 0 spiro atoms. The molecule has 2 rings (SSSR count). The van der Waals surface area contributed by atoms with Crippen LogP contribution in [0.3, 0.4) is 0 Å². The van der Waals surface area contributed by atoms with Crippen LogP contribution < -0.4 is 5.73 Å². The summed E-state index contributed by atoms with van der Waals surface area (Å²) in [6, 6.07) is 4.11. The summed E-state index contributed by atoms with van der Waals surface area (Å²) < 4.78 is 5.21. The predicted molar refractivity (Wildman–Crippen MR) is 67.8 cm³/mol. The molecule has 98 valence electrons. The molecule has 1 saturated heterocycles. The van der Waals surface area contributed by atoms with E-state index in [0.717, 1.165) is 24.9 Å². The zero-order chi connectivity index (χ0) is 12.8. The molecule has 0 bridgehead atoms. The highest BCUT2D eigenvalue weighted by atomic mass is 16.5. The van der Waals surface area contributed by atoms with Gasteiger partial charge in [-0.05, 0) is 30.5 Å². The Morgan fingerprint density at radius 3 is 3.00 bits per heavy atom. The van der Waals surface area contributed by atoms with Crippen molar-refractivity contribution in [3.05, 3.63) is 30.1 Å². The fraction of sp³-hybridized carbons (Fsp3) is 0.538. The number of hydrogen-bond acceptors (Lipinski definition) is 4. The van der Waals surface area contributed by atoms with Gasteiger partial charge in [0, 0.05) is 25.5 Å². The summed E-state index contributed by atoms with van der Waals surface area (Å²) in [6.45, 7) is 1.80. The van der Waals surface area contributed by atoms with Crippen molar-refractivity contribution in [3.63, 3.8) is 0 Å². The van der Waals surface area contributed by atoms with Crippen molar-refractivity contribution in [2.75, 3.05) is 26.3 Å². The van der Waals surface area contributed by atoms with Crippen LogP contribution in [0.5, 0.6) is 0 Å². The topological polar surface area (TPSA) is 68.5 Å². The lowest BCUT2D eigenvalue weighted by Gasteiger charge is -2.24. The van der Waals surface area contributed by atoms with E-state index in [2.05, 4.69) is 4.98 Å². The third-order valence-electron chi connectivity index (χ3n) is 3.15. The van der Waals surface area contributed by atoms with Crippen molar-refractivity contribution < 1.29 is 9.53 Å². The second-order valence-electron chi connectivity index (χ2n) is 4.37. The highest BCUT2D eigenvalue weighted by Gasteiger charge is 2.29. The Morgan fingerprint density at radius 1 is 1.50 bits per heavy atom. The summed E-state index contributed by atoms with van der Waals surface area (Å²) in [6.07, 6.45) is 5.57. The summed E-state index contributed by atoms with van der Waals surface area (Å²) in [5, 5.41) is 0. The van der Waals surface area contributed by atoms with Gasteiger partial charge in [-0.25, -0.2) is 0 Å².